The average molecular weight is 273 g/mol. The Morgan fingerprint density at radius 2 is 2.06 bits per heavy atom. The maximum absolute atomic E-state index is 13.4. The van der Waals surface area contributed by atoms with E-state index in [0.717, 1.165) is 23.0 Å². The summed E-state index contributed by atoms with van der Waals surface area (Å²) in [5.41, 5.74) is 0.450. The first-order valence-electron chi connectivity index (χ1n) is 4.74. The van der Waals surface area contributed by atoms with Gasteiger partial charge in [-0.1, -0.05) is 17.7 Å². The molecule has 0 fully saturated rings. The minimum absolute atomic E-state index is 0.230. The highest BCUT2D eigenvalue weighted by Crippen LogP contribution is 2.30. The van der Waals surface area contributed by atoms with Crippen molar-refractivity contribution in [2.45, 2.75) is 6.92 Å². The minimum Gasteiger partial charge on any atom is -0.288 e. The molecule has 0 aliphatic carbocycles. The Bertz CT molecular complexity index is 592. The molecule has 1 heterocycles. The fraction of sp³-hybridized carbons (Fsp3) is 0.0833. The zero-order valence-electron chi connectivity index (χ0n) is 8.76. The first-order valence-corrected chi connectivity index (χ1v) is 6.00. The molecule has 0 radical (unpaired) electrons. The Hall–Kier alpha value is -1.26. The summed E-state index contributed by atoms with van der Waals surface area (Å²) in [6.07, 6.45) is 0. The Morgan fingerprint density at radius 3 is 2.65 bits per heavy atom. The third kappa shape index (κ3) is 2.10. The van der Waals surface area contributed by atoms with Crippen LogP contribution in [0.25, 0.3) is 0 Å². The number of aryl methyl sites for hydroxylation is 1. The molecule has 0 aliphatic rings. The summed E-state index contributed by atoms with van der Waals surface area (Å²) < 4.78 is 26.4. The van der Waals surface area contributed by atoms with E-state index in [1.165, 1.54) is 12.1 Å². The number of rotatable bonds is 2. The summed E-state index contributed by atoms with van der Waals surface area (Å²) in [5, 5.41) is 2.00. The van der Waals surface area contributed by atoms with Gasteiger partial charge >= 0.3 is 0 Å². The number of carbonyl (C=O) groups is 1. The van der Waals surface area contributed by atoms with Crippen LogP contribution in [-0.2, 0) is 0 Å². The molecule has 0 saturated carbocycles. The molecule has 1 aromatic heterocycles. The molecular formula is C12H7ClF2OS. The Morgan fingerprint density at radius 1 is 1.35 bits per heavy atom. The molecule has 0 unspecified atom stereocenters. The molecule has 88 valence electrons. The van der Waals surface area contributed by atoms with Crippen molar-refractivity contribution < 1.29 is 13.6 Å². The summed E-state index contributed by atoms with van der Waals surface area (Å²) in [5.74, 6) is -2.77. The maximum Gasteiger partial charge on any atom is 0.207 e. The topological polar surface area (TPSA) is 17.1 Å². The highest BCUT2D eigenvalue weighted by molar-refractivity contribution is 7.13. The minimum atomic E-state index is -1.14. The standard InChI is InChI=1S/C12H7ClF2OS/c1-6-5-17-12(9(6)13)11(16)7-3-2-4-8(14)10(7)15/h2-5H,1H3. The molecule has 0 amide bonds. The maximum atomic E-state index is 13.4. The summed E-state index contributed by atoms with van der Waals surface area (Å²) in [6.45, 7) is 1.75. The quantitative estimate of drug-likeness (QED) is 0.748. The van der Waals surface area contributed by atoms with E-state index >= 15 is 0 Å². The third-order valence-corrected chi connectivity index (χ3v) is 4.00. The van der Waals surface area contributed by atoms with Gasteiger partial charge in [0.2, 0.25) is 5.78 Å². The molecule has 5 heteroatoms. The summed E-state index contributed by atoms with van der Waals surface area (Å²) in [6, 6.07) is 3.50. The molecule has 0 saturated heterocycles. The largest absolute Gasteiger partial charge is 0.288 e. The smallest absolute Gasteiger partial charge is 0.207 e. The molecule has 17 heavy (non-hydrogen) atoms. The fourth-order valence-electron chi connectivity index (χ4n) is 1.38. The number of thiophene rings is 1. The first kappa shape index (κ1) is 12.2. The summed E-state index contributed by atoms with van der Waals surface area (Å²) in [7, 11) is 0. The van der Waals surface area contributed by atoms with Crippen LogP contribution in [0.5, 0.6) is 0 Å². The van der Waals surface area contributed by atoms with Gasteiger partial charge in [0.05, 0.1) is 15.5 Å². The van der Waals surface area contributed by atoms with Crippen molar-refractivity contribution >= 4 is 28.7 Å². The number of carbonyl (C=O) groups excluding carboxylic acids is 1. The van der Waals surface area contributed by atoms with Gasteiger partial charge in [-0.2, -0.15) is 0 Å². The van der Waals surface area contributed by atoms with Crippen LogP contribution in [0.4, 0.5) is 8.78 Å². The van der Waals surface area contributed by atoms with Crippen LogP contribution < -0.4 is 0 Å². The van der Waals surface area contributed by atoms with Crippen molar-refractivity contribution in [3.8, 4) is 0 Å². The Kier molecular flexibility index (Phi) is 3.26. The van der Waals surface area contributed by atoms with Gasteiger partial charge in [-0.3, -0.25) is 4.79 Å². The van der Waals surface area contributed by atoms with Crippen LogP contribution in [0, 0.1) is 18.6 Å². The molecule has 2 aromatic rings. The van der Waals surface area contributed by atoms with E-state index in [9.17, 15) is 13.6 Å². The molecule has 1 aromatic carbocycles. The predicted molar refractivity (Wildman–Crippen MR) is 63.9 cm³/mol. The van der Waals surface area contributed by atoms with Crippen LogP contribution in [0.2, 0.25) is 5.02 Å². The third-order valence-electron chi connectivity index (χ3n) is 2.30. The van der Waals surface area contributed by atoms with E-state index in [-0.39, 0.29) is 10.4 Å². The van der Waals surface area contributed by atoms with Crippen molar-refractivity contribution in [1.29, 1.82) is 0 Å². The van der Waals surface area contributed by atoms with Gasteiger partial charge in [0, 0.05) is 0 Å². The number of halogens is 3. The lowest BCUT2D eigenvalue weighted by Crippen LogP contribution is -2.04. The second-order valence-corrected chi connectivity index (χ2v) is 4.75. The predicted octanol–water partition coefficient (Wildman–Crippen LogP) is 4.22. The molecule has 1 nitrogen and oxygen atoms in total. The van der Waals surface area contributed by atoms with E-state index in [0.29, 0.717) is 5.02 Å². The lowest BCUT2D eigenvalue weighted by atomic mass is 10.1. The first-order chi connectivity index (χ1) is 8.02. The van der Waals surface area contributed by atoms with Gasteiger partial charge in [-0.15, -0.1) is 11.3 Å². The molecule has 0 aliphatic heterocycles. The normalized spacial score (nSPS) is 10.6. The molecule has 0 bridgehead atoms. The van der Waals surface area contributed by atoms with Crippen LogP contribution in [0.15, 0.2) is 23.6 Å². The average Bonchev–Trinajstić information content (AvgIpc) is 2.63. The summed E-state index contributed by atoms with van der Waals surface area (Å²) in [4.78, 5) is 12.2. The second kappa shape index (κ2) is 4.55. The molecule has 2 rings (SSSR count). The van der Waals surface area contributed by atoms with Gasteiger partial charge in [-0.25, -0.2) is 8.78 Å². The fourth-order valence-corrected chi connectivity index (χ4v) is 2.62. The van der Waals surface area contributed by atoms with Crippen molar-refractivity contribution in [2.75, 3.05) is 0 Å². The van der Waals surface area contributed by atoms with E-state index < -0.39 is 17.4 Å². The monoisotopic (exact) mass is 272 g/mol. The van der Waals surface area contributed by atoms with Crippen LogP contribution >= 0.6 is 22.9 Å². The van der Waals surface area contributed by atoms with Crippen molar-refractivity contribution in [1.82, 2.24) is 0 Å². The zero-order chi connectivity index (χ0) is 12.6. The number of hydrogen-bond acceptors (Lipinski definition) is 2. The van der Waals surface area contributed by atoms with E-state index in [4.69, 9.17) is 11.6 Å². The van der Waals surface area contributed by atoms with E-state index in [1.807, 2.05) is 0 Å². The molecule has 0 atom stereocenters. The molecular weight excluding hydrogens is 266 g/mol. The lowest BCUT2D eigenvalue weighted by Gasteiger charge is -2.02. The highest BCUT2D eigenvalue weighted by atomic mass is 35.5. The van der Waals surface area contributed by atoms with Gasteiger partial charge < -0.3 is 0 Å². The number of hydrogen-bond donors (Lipinski definition) is 0. The van der Waals surface area contributed by atoms with E-state index in [2.05, 4.69) is 0 Å². The highest BCUT2D eigenvalue weighted by Gasteiger charge is 2.21. The van der Waals surface area contributed by atoms with Gasteiger partial charge in [-0.05, 0) is 30.0 Å². The Balaban J connectivity index is 2.51. The van der Waals surface area contributed by atoms with Crippen molar-refractivity contribution in [2.24, 2.45) is 0 Å². The number of ketones is 1. The van der Waals surface area contributed by atoms with E-state index in [1.54, 1.807) is 12.3 Å². The van der Waals surface area contributed by atoms with Crippen LogP contribution in [0.1, 0.15) is 20.8 Å². The van der Waals surface area contributed by atoms with Gasteiger partial charge in [0.25, 0.3) is 0 Å². The summed E-state index contributed by atoms with van der Waals surface area (Å²) >= 11 is 7.04. The van der Waals surface area contributed by atoms with Gasteiger partial charge in [0.15, 0.2) is 11.6 Å². The second-order valence-electron chi connectivity index (χ2n) is 3.49. The van der Waals surface area contributed by atoms with Crippen LogP contribution in [0.3, 0.4) is 0 Å². The number of benzene rings is 1. The van der Waals surface area contributed by atoms with Crippen molar-refractivity contribution in [3.63, 3.8) is 0 Å². The Labute approximate surface area is 106 Å². The zero-order valence-corrected chi connectivity index (χ0v) is 10.3. The molecule has 0 spiro atoms. The molecule has 0 N–H and O–H groups in total. The SMILES string of the molecule is Cc1csc(C(=O)c2cccc(F)c2F)c1Cl. The van der Waals surface area contributed by atoms with Crippen LogP contribution in [-0.4, -0.2) is 5.78 Å². The van der Waals surface area contributed by atoms with Crippen molar-refractivity contribution in [3.05, 3.63) is 56.2 Å². The lowest BCUT2D eigenvalue weighted by molar-refractivity contribution is 0.103. The van der Waals surface area contributed by atoms with Gasteiger partial charge in [0.1, 0.15) is 0 Å².